The van der Waals surface area contributed by atoms with Gasteiger partial charge in [0.05, 0.1) is 17.1 Å². The molecular formula is C26H22FN3O4. The van der Waals surface area contributed by atoms with Crippen molar-refractivity contribution in [2.75, 3.05) is 0 Å². The van der Waals surface area contributed by atoms with E-state index in [1.807, 2.05) is 0 Å². The Morgan fingerprint density at radius 1 is 0.912 bits per heavy atom. The topological polar surface area (TPSA) is 90.3 Å². The van der Waals surface area contributed by atoms with Crippen LogP contribution in [-0.4, -0.2) is 27.8 Å². The SMILES string of the molecule is CC(OC(=O)c1nn(-c2ccccc2)c(=O)c2ccccc12)C(=O)NC(C)c1ccc(F)cc1. The summed E-state index contributed by atoms with van der Waals surface area (Å²) >= 11 is 0. The van der Waals surface area contributed by atoms with Crippen molar-refractivity contribution in [1.29, 1.82) is 0 Å². The van der Waals surface area contributed by atoms with Crippen LogP contribution in [0.15, 0.2) is 83.7 Å². The van der Waals surface area contributed by atoms with Crippen molar-refractivity contribution in [2.24, 2.45) is 0 Å². The maximum absolute atomic E-state index is 13.1. The Hall–Kier alpha value is -4.33. The number of amides is 1. The van der Waals surface area contributed by atoms with Gasteiger partial charge in [-0.25, -0.2) is 9.18 Å². The summed E-state index contributed by atoms with van der Waals surface area (Å²) in [6.07, 6.45) is -1.13. The second kappa shape index (κ2) is 9.66. The molecule has 2 atom stereocenters. The number of rotatable bonds is 6. The number of fused-ring (bicyclic) bond motifs is 1. The van der Waals surface area contributed by atoms with Gasteiger partial charge in [-0.15, -0.1) is 0 Å². The molecule has 1 N–H and O–H groups in total. The van der Waals surface area contributed by atoms with E-state index in [0.717, 1.165) is 4.68 Å². The molecule has 34 heavy (non-hydrogen) atoms. The molecule has 8 heteroatoms. The van der Waals surface area contributed by atoms with Crippen LogP contribution < -0.4 is 10.9 Å². The summed E-state index contributed by atoms with van der Waals surface area (Å²) in [7, 11) is 0. The monoisotopic (exact) mass is 459 g/mol. The van der Waals surface area contributed by atoms with E-state index in [-0.39, 0.29) is 17.1 Å². The zero-order valence-corrected chi connectivity index (χ0v) is 18.6. The van der Waals surface area contributed by atoms with E-state index in [2.05, 4.69) is 10.4 Å². The van der Waals surface area contributed by atoms with Crippen molar-refractivity contribution in [3.05, 3.63) is 106 Å². The molecule has 0 bridgehead atoms. The van der Waals surface area contributed by atoms with Crippen molar-refractivity contribution in [2.45, 2.75) is 26.0 Å². The van der Waals surface area contributed by atoms with Gasteiger partial charge in [-0.2, -0.15) is 9.78 Å². The van der Waals surface area contributed by atoms with Crippen molar-refractivity contribution in [3.8, 4) is 5.69 Å². The Morgan fingerprint density at radius 2 is 1.53 bits per heavy atom. The quantitative estimate of drug-likeness (QED) is 0.441. The van der Waals surface area contributed by atoms with Crippen LogP contribution in [-0.2, 0) is 9.53 Å². The second-order valence-electron chi connectivity index (χ2n) is 7.78. The Labute approximate surface area is 194 Å². The van der Waals surface area contributed by atoms with Crippen LogP contribution in [0.3, 0.4) is 0 Å². The van der Waals surface area contributed by atoms with Crippen LogP contribution in [0.1, 0.15) is 35.9 Å². The molecule has 1 amide bonds. The van der Waals surface area contributed by atoms with Crippen molar-refractivity contribution in [1.82, 2.24) is 15.1 Å². The highest BCUT2D eigenvalue weighted by atomic mass is 19.1. The van der Waals surface area contributed by atoms with Gasteiger partial charge in [0.25, 0.3) is 11.5 Å². The number of aromatic nitrogens is 2. The maximum atomic E-state index is 13.1. The number of hydrogen-bond acceptors (Lipinski definition) is 5. The van der Waals surface area contributed by atoms with E-state index < -0.39 is 24.0 Å². The summed E-state index contributed by atoms with van der Waals surface area (Å²) in [5, 5.41) is 7.64. The summed E-state index contributed by atoms with van der Waals surface area (Å²) in [6.45, 7) is 3.19. The highest BCUT2D eigenvalue weighted by Crippen LogP contribution is 2.17. The minimum atomic E-state index is -1.13. The fraction of sp³-hybridized carbons (Fsp3) is 0.154. The number of hydrogen-bond donors (Lipinski definition) is 1. The van der Waals surface area contributed by atoms with Gasteiger partial charge < -0.3 is 10.1 Å². The number of para-hydroxylation sites is 1. The van der Waals surface area contributed by atoms with Gasteiger partial charge in [0, 0.05) is 5.39 Å². The Balaban J connectivity index is 1.59. The molecule has 4 aromatic rings. The fourth-order valence-electron chi connectivity index (χ4n) is 3.52. The van der Waals surface area contributed by atoms with Gasteiger partial charge >= 0.3 is 5.97 Å². The Kier molecular flexibility index (Phi) is 6.49. The molecule has 0 aliphatic heterocycles. The van der Waals surface area contributed by atoms with Gasteiger partial charge in [0.15, 0.2) is 11.8 Å². The molecule has 0 fully saturated rings. The van der Waals surface area contributed by atoms with Crippen LogP contribution in [0.25, 0.3) is 16.5 Å². The van der Waals surface area contributed by atoms with Gasteiger partial charge in [-0.3, -0.25) is 9.59 Å². The maximum Gasteiger partial charge on any atom is 0.360 e. The predicted molar refractivity (Wildman–Crippen MR) is 125 cm³/mol. The zero-order chi connectivity index (χ0) is 24.2. The molecule has 0 spiro atoms. The van der Waals surface area contributed by atoms with E-state index in [0.29, 0.717) is 22.0 Å². The first-order valence-corrected chi connectivity index (χ1v) is 10.7. The van der Waals surface area contributed by atoms with E-state index in [4.69, 9.17) is 4.74 Å². The van der Waals surface area contributed by atoms with Gasteiger partial charge in [-0.1, -0.05) is 48.5 Å². The summed E-state index contributed by atoms with van der Waals surface area (Å²) in [6, 6.07) is 20.6. The molecule has 7 nitrogen and oxygen atoms in total. The van der Waals surface area contributed by atoms with Crippen LogP contribution in [0.4, 0.5) is 4.39 Å². The van der Waals surface area contributed by atoms with E-state index in [9.17, 15) is 18.8 Å². The molecule has 1 aromatic heterocycles. The summed E-state index contributed by atoms with van der Waals surface area (Å²) in [5.41, 5.74) is 0.740. The first kappa shape index (κ1) is 22.8. The highest BCUT2D eigenvalue weighted by molar-refractivity contribution is 6.03. The molecule has 3 aromatic carbocycles. The van der Waals surface area contributed by atoms with Gasteiger partial charge in [-0.05, 0) is 49.7 Å². The lowest BCUT2D eigenvalue weighted by atomic mass is 10.1. The fourth-order valence-corrected chi connectivity index (χ4v) is 3.52. The lowest BCUT2D eigenvalue weighted by molar-refractivity contribution is -0.129. The summed E-state index contributed by atoms with van der Waals surface area (Å²) < 4.78 is 19.7. The number of ether oxygens (including phenoxy) is 1. The second-order valence-corrected chi connectivity index (χ2v) is 7.78. The third-order valence-corrected chi connectivity index (χ3v) is 5.38. The molecule has 172 valence electrons. The molecule has 4 rings (SSSR count). The highest BCUT2D eigenvalue weighted by Gasteiger charge is 2.24. The standard InChI is InChI=1S/C26H22FN3O4/c1-16(18-12-14-19(27)15-13-18)28-24(31)17(2)34-26(33)23-21-10-6-7-11-22(21)25(32)30(29-23)20-8-4-3-5-9-20/h3-17H,1-2H3,(H,28,31). The lowest BCUT2D eigenvalue weighted by Crippen LogP contribution is -2.37. The molecular weight excluding hydrogens is 437 g/mol. The number of halogens is 1. The van der Waals surface area contributed by atoms with Crippen molar-refractivity contribution in [3.63, 3.8) is 0 Å². The predicted octanol–water partition coefficient (Wildman–Crippen LogP) is 3.95. The van der Waals surface area contributed by atoms with Gasteiger partial charge in [0.2, 0.25) is 0 Å². The Bertz CT molecular complexity index is 1400. The molecule has 0 saturated heterocycles. The average molecular weight is 459 g/mol. The number of carbonyl (C=O) groups excluding carboxylic acids is 2. The third kappa shape index (κ3) is 4.71. The first-order chi connectivity index (χ1) is 16.3. The molecule has 0 radical (unpaired) electrons. The van der Waals surface area contributed by atoms with Crippen LogP contribution in [0, 0.1) is 5.82 Å². The van der Waals surface area contributed by atoms with Crippen LogP contribution >= 0.6 is 0 Å². The summed E-state index contributed by atoms with van der Waals surface area (Å²) in [4.78, 5) is 38.6. The van der Waals surface area contributed by atoms with Crippen LogP contribution in [0.5, 0.6) is 0 Å². The molecule has 0 aliphatic rings. The average Bonchev–Trinajstić information content (AvgIpc) is 2.85. The zero-order valence-electron chi connectivity index (χ0n) is 18.6. The van der Waals surface area contributed by atoms with E-state index >= 15 is 0 Å². The smallest absolute Gasteiger partial charge is 0.360 e. The largest absolute Gasteiger partial charge is 0.448 e. The third-order valence-electron chi connectivity index (χ3n) is 5.38. The minimum Gasteiger partial charge on any atom is -0.448 e. The molecule has 1 heterocycles. The van der Waals surface area contributed by atoms with Crippen LogP contribution in [0.2, 0.25) is 0 Å². The van der Waals surface area contributed by atoms with Crippen molar-refractivity contribution >= 4 is 22.6 Å². The van der Waals surface area contributed by atoms with E-state index in [1.54, 1.807) is 73.7 Å². The molecule has 2 unspecified atom stereocenters. The summed E-state index contributed by atoms with van der Waals surface area (Å²) in [5.74, 6) is -1.73. The number of nitrogens with zero attached hydrogens (tertiary/aromatic N) is 2. The Morgan fingerprint density at radius 3 is 2.21 bits per heavy atom. The first-order valence-electron chi connectivity index (χ1n) is 10.7. The van der Waals surface area contributed by atoms with Crippen molar-refractivity contribution < 1.29 is 18.7 Å². The minimum absolute atomic E-state index is 0.0784. The molecule has 0 aliphatic carbocycles. The number of carbonyl (C=O) groups is 2. The molecule has 0 saturated carbocycles. The normalized spacial score (nSPS) is 12.7. The number of esters is 1. The van der Waals surface area contributed by atoms with E-state index in [1.165, 1.54) is 19.1 Å². The number of nitrogens with one attached hydrogen (secondary N) is 1. The lowest BCUT2D eigenvalue weighted by Gasteiger charge is -2.18. The van der Waals surface area contributed by atoms with Gasteiger partial charge in [0.1, 0.15) is 5.82 Å². The number of benzene rings is 3.